The van der Waals surface area contributed by atoms with E-state index < -0.39 is 0 Å². The highest BCUT2D eigenvalue weighted by Crippen LogP contribution is 2.26. The Morgan fingerprint density at radius 2 is 0.830 bits per heavy atom. The van der Waals surface area contributed by atoms with Crippen molar-refractivity contribution in [2.75, 3.05) is 0 Å². The Balaban J connectivity index is 0. The highest BCUT2D eigenvalue weighted by atomic mass is 16.5. The maximum atomic E-state index is 10.8. The predicted octanol–water partition coefficient (Wildman–Crippen LogP) is 9.96. The lowest BCUT2D eigenvalue weighted by molar-refractivity contribution is 0.110. The molecule has 0 atom stereocenters. The zero-order valence-electron chi connectivity index (χ0n) is 29.6. The number of carbonyl (C=O) groups excluding carboxylic acids is 3. The Bertz CT molecular complexity index is 1250. The molecule has 3 aromatic carbocycles. The Morgan fingerprint density at radius 1 is 0.511 bits per heavy atom. The summed E-state index contributed by atoms with van der Waals surface area (Å²) in [4.78, 5) is 31.8. The lowest BCUT2D eigenvalue weighted by Crippen LogP contribution is -2.09. The topological polar surface area (TPSA) is 108 Å². The summed E-state index contributed by atoms with van der Waals surface area (Å²) < 4.78 is 22.2. The second-order valence-electron chi connectivity index (χ2n) is 12.2. The predicted molar refractivity (Wildman–Crippen MR) is 192 cm³/mol. The molecular weight excluding hydrogens is 596 g/mol. The highest BCUT2D eigenvalue weighted by molar-refractivity contribution is 5.80. The number of aromatic hydroxyl groups is 1. The Morgan fingerprint density at radius 3 is 1.11 bits per heavy atom. The fourth-order valence-corrected chi connectivity index (χ4v) is 3.38. The van der Waals surface area contributed by atoms with Crippen molar-refractivity contribution in [3.8, 4) is 28.7 Å². The van der Waals surface area contributed by atoms with Crippen LogP contribution in [0.15, 0.2) is 54.6 Å². The van der Waals surface area contributed by atoms with Crippen molar-refractivity contribution in [1.82, 2.24) is 0 Å². The number of aryl methyl sites for hydroxylation is 1. The first-order valence-electron chi connectivity index (χ1n) is 15.6. The average molecular weight is 655 g/mol. The van der Waals surface area contributed by atoms with Crippen LogP contribution in [-0.4, -0.2) is 48.4 Å². The Kier molecular flexibility index (Phi) is 22.8. The molecule has 0 saturated carbocycles. The quantitative estimate of drug-likeness (QED) is 0.204. The molecule has 8 heteroatoms. The second kappa shape index (κ2) is 23.9. The molecule has 3 rings (SSSR count). The van der Waals surface area contributed by atoms with E-state index in [0.29, 0.717) is 34.5 Å². The molecule has 0 unspecified atom stereocenters. The fraction of sp³-hybridized carbons (Fsp3) is 0.462. The van der Waals surface area contributed by atoms with Crippen LogP contribution >= 0.6 is 0 Å². The van der Waals surface area contributed by atoms with Crippen LogP contribution in [0.1, 0.15) is 120 Å². The monoisotopic (exact) mass is 654 g/mol. The highest BCUT2D eigenvalue weighted by Gasteiger charge is 2.09. The van der Waals surface area contributed by atoms with Gasteiger partial charge in [0, 0.05) is 12.1 Å². The van der Waals surface area contributed by atoms with E-state index >= 15 is 0 Å². The van der Waals surface area contributed by atoms with Gasteiger partial charge in [-0.2, -0.15) is 0 Å². The summed E-state index contributed by atoms with van der Waals surface area (Å²) in [7, 11) is 0. The van der Waals surface area contributed by atoms with Crippen molar-refractivity contribution in [3.05, 3.63) is 76.9 Å². The van der Waals surface area contributed by atoms with Gasteiger partial charge in [-0.1, -0.05) is 34.3 Å². The number of carbonyl (C=O) groups is 3. The minimum Gasteiger partial charge on any atom is -0.507 e. The first-order valence-corrected chi connectivity index (χ1v) is 15.6. The van der Waals surface area contributed by atoms with E-state index in [1.54, 1.807) is 54.6 Å². The number of aldehydes is 3. The van der Waals surface area contributed by atoms with E-state index in [-0.39, 0.29) is 37.6 Å². The summed E-state index contributed by atoms with van der Waals surface area (Å²) in [5, 5.41) is 9.06. The van der Waals surface area contributed by atoms with Gasteiger partial charge in [0.1, 0.15) is 28.7 Å². The van der Waals surface area contributed by atoms with E-state index in [1.807, 2.05) is 62.3 Å². The number of hydrogen-bond acceptors (Lipinski definition) is 8. The SMILES string of the molecule is C.CC(C)C.CC(C)Oc1ccc(C=O)c(OC(C)C)c1.CC(C)Oc1ccc(C=O)c(OC(C)C)c1.Cc1ccc(C=O)c(O)c1. The number of phenols is 1. The Hall–Kier alpha value is -4.33. The number of phenolic OH excluding ortho intramolecular Hbond substituents is 1. The second-order valence-corrected chi connectivity index (χ2v) is 12.2. The molecular formula is C39H58O8. The van der Waals surface area contributed by atoms with Gasteiger partial charge in [-0.25, -0.2) is 0 Å². The van der Waals surface area contributed by atoms with E-state index in [2.05, 4.69) is 20.8 Å². The molecule has 0 aliphatic heterocycles. The molecule has 0 aromatic heterocycles. The third-order valence-electron chi connectivity index (χ3n) is 5.01. The van der Waals surface area contributed by atoms with E-state index in [4.69, 9.17) is 24.1 Å². The van der Waals surface area contributed by atoms with Crippen molar-refractivity contribution in [2.45, 2.75) is 115 Å². The van der Waals surface area contributed by atoms with Crippen LogP contribution in [0.5, 0.6) is 28.7 Å². The van der Waals surface area contributed by atoms with Crippen molar-refractivity contribution in [3.63, 3.8) is 0 Å². The molecule has 0 radical (unpaired) electrons. The van der Waals surface area contributed by atoms with Crippen LogP contribution in [0.25, 0.3) is 0 Å². The van der Waals surface area contributed by atoms with Crippen LogP contribution in [0.2, 0.25) is 0 Å². The maximum Gasteiger partial charge on any atom is 0.153 e. The summed E-state index contributed by atoms with van der Waals surface area (Å²) in [5.74, 6) is 3.47. The number of ether oxygens (including phenoxy) is 4. The normalized spacial score (nSPS) is 9.98. The molecule has 3 aromatic rings. The molecule has 0 fully saturated rings. The summed E-state index contributed by atoms with van der Waals surface area (Å²) in [6.07, 6.45) is 2.49. The van der Waals surface area contributed by atoms with Crippen molar-refractivity contribution < 1.29 is 38.4 Å². The third kappa shape index (κ3) is 20.4. The van der Waals surface area contributed by atoms with Crippen molar-refractivity contribution in [2.24, 2.45) is 5.92 Å². The standard InChI is InChI=1S/2C13H18O3.C8H8O2.C4H10.CH4/c2*1-9(2)15-12-6-5-11(8-14)13(7-12)16-10(3)4;1-6-2-3-7(5-9)8(10)4-6;1-4(2)3;/h2*5-10H,1-4H3;2-5,10H,1H3;4H,1-3H3;1H4. The van der Waals surface area contributed by atoms with Gasteiger partial charge in [0.15, 0.2) is 18.9 Å². The lowest BCUT2D eigenvalue weighted by atomic mass is 10.1. The van der Waals surface area contributed by atoms with Crippen molar-refractivity contribution in [1.29, 1.82) is 0 Å². The van der Waals surface area contributed by atoms with Gasteiger partial charge < -0.3 is 24.1 Å². The smallest absolute Gasteiger partial charge is 0.153 e. The lowest BCUT2D eigenvalue weighted by Gasteiger charge is -2.15. The fourth-order valence-electron chi connectivity index (χ4n) is 3.38. The summed E-state index contributed by atoms with van der Waals surface area (Å²) in [5.41, 5.74) is 2.38. The average Bonchev–Trinajstić information content (AvgIpc) is 2.93. The minimum atomic E-state index is 0. The van der Waals surface area contributed by atoms with Gasteiger partial charge in [0.25, 0.3) is 0 Å². The largest absolute Gasteiger partial charge is 0.507 e. The first kappa shape index (κ1) is 44.8. The number of hydrogen-bond donors (Lipinski definition) is 1. The van der Waals surface area contributed by atoms with Gasteiger partial charge in [0.2, 0.25) is 0 Å². The third-order valence-corrected chi connectivity index (χ3v) is 5.01. The number of benzene rings is 3. The zero-order valence-corrected chi connectivity index (χ0v) is 29.6. The maximum absolute atomic E-state index is 10.8. The first-order chi connectivity index (χ1) is 21.5. The number of rotatable bonds is 11. The summed E-state index contributed by atoms with van der Waals surface area (Å²) in [6, 6.07) is 15.4. The Labute approximate surface area is 283 Å². The van der Waals surface area contributed by atoms with Gasteiger partial charge in [-0.15, -0.1) is 0 Å². The molecule has 0 heterocycles. The molecule has 47 heavy (non-hydrogen) atoms. The van der Waals surface area contributed by atoms with Gasteiger partial charge >= 0.3 is 0 Å². The van der Waals surface area contributed by atoms with Gasteiger partial charge in [-0.05, 0) is 110 Å². The molecule has 1 N–H and O–H groups in total. The van der Waals surface area contributed by atoms with E-state index in [9.17, 15) is 14.4 Å². The van der Waals surface area contributed by atoms with Crippen LogP contribution in [-0.2, 0) is 0 Å². The van der Waals surface area contributed by atoms with Gasteiger partial charge in [0.05, 0.1) is 41.1 Å². The minimum absolute atomic E-state index is 0. The molecule has 0 aliphatic rings. The van der Waals surface area contributed by atoms with Crippen LogP contribution < -0.4 is 18.9 Å². The van der Waals surface area contributed by atoms with Crippen LogP contribution in [0.3, 0.4) is 0 Å². The zero-order chi connectivity index (χ0) is 35.4. The summed E-state index contributed by atoms with van der Waals surface area (Å²) >= 11 is 0. The molecule has 0 saturated heterocycles. The molecule has 0 amide bonds. The molecule has 0 bridgehead atoms. The summed E-state index contributed by atoms with van der Waals surface area (Å²) in [6.45, 7) is 23.9. The molecule has 0 aliphatic carbocycles. The molecule has 0 spiro atoms. The van der Waals surface area contributed by atoms with Gasteiger partial charge in [-0.3, -0.25) is 14.4 Å². The molecule has 8 nitrogen and oxygen atoms in total. The van der Waals surface area contributed by atoms with Crippen molar-refractivity contribution >= 4 is 18.9 Å². The van der Waals surface area contributed by atoms with Crippen LogP contribution in [0, 0.1) is 12.8 Å². The van der Waals surface area contributed by atoms with E-state index in [1.165, 1.54) is 0 Å². The van der Waals surface area contributed by atoms with E-state index in [0.717, 1.165) is 35.6 Å². The molecule has 262 valence electrons. The van der Waals surface area contributed by atoms with Crippen LogP contribution in [0.4, 0.5) is 0 Å².